The number of nitrogens with one attached hydrogen (secondary N) is 1. The molecule has 1 aliphatic carbocycles. The predicted octanol–water partition coefficient (Wildman–Crippen LogP) is 2.96. The molecule has 3 nitrogen and oxygen atoms in total. The van der Waals surface area contributed by atoms with Crippen LogP contribution >= 0.6 is 11.3 Å². The number of rotatable bonds is 2. The Kier molecular flexibility index (Phi) is 3.14. The van der Waals surface area contributed by atoms with E-state index < -0.39 is 0 Å². The Balaban J connectivity index is 1.94. The molecule has 15 heavy (non-hydrogen) atoms. The van der Waals surface area contributed by atoms with Crippen LogP contribution in [0, 0.1) is 11.8 Å². The van der Waals surface area contributed by atoms with Gasteiger partial charge in [-0.1, -0.05) is 25.2 Å². The van der Waals surface area contributed by atoms with Gasteiger partial charge in [-0.15, -0.1) is 0 Å². The third kappa shape index (κ3) is 2.84. The molecule has 3 N–H and O–H groups in total. The molecule has 1 saturated carbocycles. The summed E-state index contributed by atoms with van der Waals surface area (Å²) in [6.45, 7) is 4.67. The largest absolute Gasteiger partial charge is 0.389 e. The van der Waals surface area contributed by atoms with Crippen LogP contribution in [0.5, 0.6) is 0 Å². The van der Waals surface area contributed by atoms with Gasteiger partial charge in [0.1, 0.15) is 5.00 Å². The standard InChI is InChI=1S/C11H19N3S/c1-7-3-8(2)5-9(4-7)14-11-13-6-10(12)15-11/h6-9H,3-5,12H2,1-2H3,(H,13,14). The number of nitrogen functional groups attached to an aromatic ring is 1. The normalized spacial score (nSPS) is 31.5. The second-order valence-corrected chi connectivity index (χ2v) is 5.89. The van der Waals surface area contributed by atoms with Gasteiger partial charge in [0.2, 0.25) is 0 Å². The fraction of sp³-hybridized carbons (Fsp3) is 0.727. The molecule has 1 fully saturated rings. The zero-order valence-corrected chi connectivity index (χ0v) is 10.2. The van der Waals surface area contributed by atoms with Crippen LogP contribution < -0.4 is 11.1 Å². The molecule has 0 bridgehead atoms. The van der Waals surface area contributed by atoms with Crippen LogP contribution in [0.3, 0.4) is 0 Å². The van der Waals surface area contributed by atoms with Gasteiger partial charge >= 0.3 is 0 Å². The molecule has 4 heteroatoms. The van der Waals surface area contributed by atoms with Gasteiger partial charge in [-0.3, -0.25) is 0 Å². The van der Waals surface area contributed by atoms with Gasteiger partial charge < -0.3 is 11.1 Å². The van der Waals surface area contributed by atoms with Crippen LogP contribution in [-0.4, -0.2) is 11.0 Å². The number of thiazole rings is 1. The fourth-order valence-electron chi connectivity index (χ4n) is 2.59. The average Bonchev–Trinajstić information content (AvgIpc) is 2.49. The Morgan fingerprint density at radius 3 is 2.53 bits per heavy atom. The summed E-state index contributed by atoms with van der Waals surface area (Å²) in [5.74, 6) is 1.65. The van der Waals surface area contributed by atoms with E-state index in [-0.39, 0.29) is 0 Å². The zero-order valence-electron chi connectivity index (χ0n) is 9.36. The Hall–Kier alpha value is -0.770. The van der Waals surface area contributed by atoms with E-state index in [0.717, 1.165) is 22.0 Å². The Morgan fingerprint density at radius 2 is 2.00 bits per heavy atom. The van der Waals surface area contributed by atoms with Crippen LogP contribution in [-0.2, 0) is 0 Å². The van der Waals surface area contributed by atoms with Crippen LogP contribution in [0.1, 0.15) is 33.1 Å². The Bertz CT molecular complexity index is 313. The van der Waals surface area contributed by atoms with Crippen LogP contribution in [0.4, 0.5) is 10.1 Å². The maximum absolute atomic E-state index is 5.65. The van der Waals surface area contributed by atoms with Crippen molar-refractivity contribution in [3.63, 3.8) is 0 Å². The zero-order chi connectivity index (χ0) is 10.8. The van der Waals surface area contributed by atoms with E-state index in [9.17, 15) is 0 Å². The minimum atomic E-state index is 0.578. The summed E-state index contributed by atoms with van der Waals surface area (Å²) in [6, 6.07) is 0.578. The highest BCUT2D eigenvalue weighted by molar-refractivity contribution is 7.19. The molecule has 0 saturated heterocycles. The highest BCUT2D eigenvalue weighted by atomic mass is 32.1. The topological polar surface area (TPSA) is 50.9 Å². The third-order valence-electron chi connectivity index (χ3n) is 3.03. The molecular weight excluding hydrogens is 206 g/mol. The monoisotopic (exact) mass is 225 g/mol. The lowest BCUT2D eigenvalue weighted by molar-refractivity contribution is 0.281. The summed E-state index contributed by atoms with van der Waals surface area (Å²) in [4.78, 5) is 4.24. The number of nitrogens with zero attached hydrogens (tertiary/aromatic N) is 1. The number of hydrogen-bond donors (Lipinski definition) is 2. The maximum atomic E-state index is 5.65. The van der Waals surface area contributed by atoms with Crippen LogP contribution in [0.15, 0.2) is 6.20 Å². The first kappa shape index (κ1) is 10.7. The van der Waals surface area contributed by atoms with Crippen molar-refractivity contribution in [3.8, 4) is 0 Å². The second-order valence-electron chi connectivity index (χ2n) is 4.83. The summed E-state index contributed by atoms with van der Waals surface area (Å²) in [5, 5.41) is 5.25. The first-order valence-corrected chi connectivity index (χ1v) is 6.43. The number of anilines is 2. The van der Waals surface area contributed by atoms with Crippen molar-refractivity contribution in [3.05, 3.63) is 6.20 Å². The van der Waals surface area contributed by atoms with E-state index in [1.54, 1.807) is 6.20 Å². The first-order chi connectivity index (χ1) is 7.13. The molecule has 84 valence electrons. The van der Waals surface area contributed by atoms with Gasteiger partial charge in [0.25, 0.3) is 0 Å². The highest BCUT2D eigenvalue weighted by Gasteiger charge is 2.24. The average molecular weight is 225 g/mol. The first-order valence-electron chi connectivity index (χ1n) is 5.61. The van der Waals surface area contributed by atoms with Gasteiger partial charge in [0.05, 0.1) is 6.20 Å². The third-order valence-corrected chi connectivity index (χ3v) is 3.79. The lowest BCUT2D eigenvalue weighted by Crippen LogP contribution is -2.30. The van der Waals surface area contributed by atoms with Crippen molar-refractivity contribution < 1.29 is 0 Å². The number of hydrogen-bond acceptors (Lipinski definition) is 4. The maximum Gasteiger partial charge on any atom is 0.184 e. The van der Waals surface area contributed by atoms with E-state index in [4.69, 9.17) is 5.73 Å². The molecule has 0 spiro atoms. The van der Waals surface area contributed by atoms with Crippen molar-refractivity contribution in [1.29, 1.82) is 0 Å². The SMILES string of the molecule is CC1CC(C)CC(Nc2ncc(N)s2)C1. The lowest BCUT2D eigenvalue weighted by Gasteiger charge is -2.31. The molecule has 2 atom stereocenters. The van der Waals surface area contributed by atoms with Crippen molar-refractivity contribution in [2.24, 2.45) is 11.8 Å². The van der Waals surface area contributed by atoms with E-state index in [2.05, 4.69) is 24.1 Å². The predicted molar refractivity (Wildman–Crippen MR) is 66.1 cm³/mol. The summed E-state index contributed by atoms with van der Waals surface area (Å²) in [6.07, 6.45) is 5.59. The second kappa shape index (κ2) is 4.39. The van der Waals surface area contributed by atoms with Gasteiger partial charge in [0, 0.05) is 6.04 Å². The van der Waals surface area contributed by atoms with Gasteiger partial charge in [-0.05, 0) is 31.1 Å². The molecule has 0 radical (unpaired) electrons. The smallest absolute Gasteiger partial charge is 0.184 e. The molecule has 0 aromatic carbocycles. The lowest BCUT2D eigenvalue weighted by atomic mass is 9.80. The van der Waals surface area contributed by atoms with Gasteiger partial charge in [-0.25, -0.2) is 4.98 Å². The van der Waals surface area contributed by atoms with Gasteiger partial charge in [0.15, 0.2) is 5.13 Å². The van der Waals surface area contributed by atoms with E-state index in [0.29, 0.717) is 6.04 Å². The summed E-state index contributed by atoms with van der Waals surface area (Å²) < 4.78 is 0. The molecule has 0 amide bonds. The summed E-state index contributed by atoms with van der Waals surface area (Å²) >= 11 is 1.54. The fourth-order valence-corrected chi connectivity index (χ4v) is 3.25. The van der Waals surface area contributed by atoms with E-state index >= 15 is 0 Å². The molecule has 1 aliphatic rings. The Labute approximate surface area is 95.1 Å². The molecule has 0 aliphatic heterocycles. The molecule has 1 aromatic heterocycles. The van der Waals surface area contributed by atoms with Crippen molar-refractivity contribution in [1.82, 2.24) is 4.98 Å². The minimum Gasteiger partial charge on any atom is -0.389 e. The molecule has 1 heterocycles. The van der Waals surface area contributed by atoms with Gasteiger partial charge in [-0.2, -0.15) is 0 Å². The van der Waals surface area contributed by atoms with Crippen LogP contribution in [0.2, 0.25) is 0 Å². The minimum absolute atomic E-state index is 0.578. The molecule has 2 rings (SSSR count). The van der Waals surface area contributed by atoms with E-state index in [1.165, 1.54) is 30.6 Å². The molecule has 2 unspecified atom stereocenters. The molecular formula is C11H19N3S. The van der Waals surface area contributed by atoms with Crippen molar-refractivity contribution in [2.45, 2.75) is 39.2 Å². The number of aromatic nitrogens is 1. The van der Waals surface area contributed by atoms with E-state index in [1.807, 2.05) is 0 Å². The van der Waals surface area contributed by atoms with Crippen molar-refractivity contribution >= 4 is 21.5 Å². The van der Waals surface area contributed by atoms with Crippen molar-refractivity contribution in [2.75, 3.05) is 11.1 Å². The Morgan fingerprint density at radius 1 is 1.33 bits per heavy atom. The quantitative estimate of drug-likeness (QED) is 0.813. The highest BCUT2D eigenvalue weighted by Crippen LogP contribution is 2.31. The molecule has 1 aromatic rings. The number of nitrogens with two attached hydrogens (primary N) is 1. The summed E-state index contributed by atoms with van der Waals surface area (Å²) in [7, 11) is 0. The summed E-state index contributed by atoms with van der Waals surface area (Å²) in [5.41, 5.74) is 5.65. The van der Waals surface area contributed by atoms with Crippen LogP contribution in [0.25, 0.3) is 0 Å².